The molecule has 0 radical (unpaired) electrons. The molecule has 0 aliphatic heterocycles. The summed E-state index contributed by atoms with van der Waals surface area (Å²) in [6.45, 7) is 3.99. The first-order chi connectivity index (χ1) is 10.2. The molecule has 0 bridgehead atoms. The van der Waals surface area contributed by atoms with Gasteiger partial charge in [0.1, 0.15) is 5.54 Å². The van der Waals surface area contributed by atoms with Crippen LogP contribution in [0, 0.1) is 11.8 Å². The van der Waals surface area contributed by atoms with Crippen LogP contribution >= 0.6 is 0 Å². The molecule has 0 amide bonds. The first-order valence-electron chi connectivity index (χ1n) is 8.66. The third-order valence-electron chi connectivity index (χ3n) is 5.35. The molecule has 2 aliphatic rings. The van der Waals surface area contributed by atoms with Gasteiger partial charge >= 0.3 is 5.97 Å². The van der Waals surface area contributed by atoms with E-state index in [1.807, 2.05) is 14.0 Å². The van der Waals surface area contributed by atoms with E-state index in [1.165, 1.54) is 25.7 Å². The van der Waals surface area contributed by atoms with Crippen molar-refractivity contribution in [1.29, 1.82) is 0 Å². The minimum atomic E-state index is -0.479. The molecule has 2 unspecified atom stereocenters. The van der Waals surface area contributed by atoms with Crippen molar-refractivity contribution in [3.8, 4) is 0 Å². The van der Waals surface area contributed by atoms with Crippen molar-refractivity contribution in [2.24, 2.45) is 11.8 Å². The summed E-state index contributed by atoms with van der Waals surface area (Å²) in [5.41, 5.74) is -0.479. The highest BCUT2D eigenvalue weighted by molar-refractivity contribution is 5.81. The van der Waals surface area contributed by atoms with Gasteiger partial charge in [0.25, 0.3) is 0 Å². The lowest BCUT2D eigenvalue weighted by Crippen LogP contribution is -2.54. The molecule has 0 aromatic carbocycles. The average molecular weight is 297 g/mol. The van der Waals surface area contributed by atoms with Crippen molar-refractivity contribution < 1.29 is 14.3 Å². The van der Waals surface area contributed by atoms with Gasteiger partial charge in [-0.15, -0.1) is 0 Å². The maximum absolute atomic E-state index is 12.3. The highest BCUT2D eigenvalue weighted by atomic mass is 16.5. The number of hydrogen-bond donors (Lipinski definition) is 1. The molecule has 0 saturated heterocycles. The first kappa shape index (κ1) is 16.8. The molecular weight excluding hydrogens is 266 g/mol. The second-order valence-corrected chi connectivity index (χ2v) is 6.55. The maximum atomic E-state index is 12.3. The normalized spacial score (nSPS) is 29.9. The maximum Gasteiger partial charge on any atom is 0.326 e. The summed E-state index contributed by atoms with van der Waals surface area (Å²) < 4.78 is 11.2. The molecule has 2 fully saturated rings. The van der Waals surface area contributed by atoms with Crippen LogP contribution in [0.25, 0.3) is 0 Å². The Bertz CT molecular complexity index is 328. The third kappa shape index (κ3) is 3.98. The quantitative estimate of drug-likeness (QED) is 0.553. The zero-order valence-corrected chi connectivity index (χ0v) is 13.7. The standard InChI is InChI=1S/C17H31NO3/c1-3-21-16(19)17(18-2)11-6-9-15(17)10-12-20-13-14-7-4-5-8-14/h14-15,18H,3-13H2,1-2H3. The largest absolute Gasteiger partial charge is 0.465 e. The van der Waals surface area contributed by atoms with E-state index in [-0.39, 0.29) is 5.97 Å². The van der Waals surface area contributed by atoms with Gasteiger partial charge in [0.05, 0.1) is 6.61 Å². The molecule has 2 rings (SSSR count). The fourth-order valence-corrected chi connectivity index (χ4v) is 4.08. The van der Waals surface area contributed by atoms with Crippen LogP contribution in [-0.4, -0.2) is 38.4 Å². The third-order valence-corrected chi connectivity index (χ3v) is 5.35. The van der Waals surface area contributed by atoms with Gasteiger partial charge in [-0.2, -0.15) is 0 Å². The van der Waals surface area contributed by atoms with Crippen LogP contribution < -0.4 is 5.32 Å². The molecule has 2 atom stereocenters. The van der Waals surface area contributed by atoms with Crippen molar-refractivity contribution in [3.05, 3.63) is 0 Å². The van der Waals surface area contributed by atoms with Crippen molar-refractivity contribution in [3.63, 3.8) is 0 Å². The zero-order valence-electron chi connectivity index (χ0n) is 13.7. The number of esters is 1. The predicted octanol–water partition coefficient (Wildman–Crippen LogP) is 2.90. The van der Waals surface area contributed by atoms with Gasteiger partial charge in [-0.3, -0.25) is 4.79 Å². The molecule has 21 heavy (non-hydrogen) atoms. The SMILES string of the molecule is CCOC(=O)C1(NC)CCCC1CCOCC1CCCC1. The van der Waals surface area contributed by atoms with Gasteiger partial charge in [0.2, 0.25) is 0 Å². The monoisotopic (exact) mass is 297 g/mol. The Morgan fingerprint density at radius 3 is 2.67 bits per heavy atom. The number of carbonyl (C=O) groups is 1. The van der Waals surface area contributed by atoms with E-state index in [4.69, 9.17) is 9.47 Å². The van der Waals surface area contributed by atoms with E-state index in [0.29, 0.717) is 12.5 Å². The second kappa shape index (κ2) is 8.14. The summed E-state index contributed by atoms with van der Waals surface area (Å²) in [5, 5.41) is 3.26. The van der Waals surface area contributed by atoms with Gasteiger partial charge in [0.15, 0.2) is 0 Å². The predicted molar refractivity (Wildman–Crippen MR) is 83.2 cm³/mol. The van der Waals surface area contributed by atoms with E-state index < -0.39 is 5.54 Å². The molecule has 2 saturated carbocycles. The number of rotatable bonds is 8. The number of likely N-dealkylation sites (N-methyl/N-ethyl adjacent to an activating group) is 1. The van der Waals surface area contributed by atoms with E-state index in [2.05, 4.69) is 5.32 Å². The summed E-state index contributed by atoms with van der Waals surface area (Å²) in [6, 6.07) is 0. The molecule has 2 aliphatic carbocycles. The Kier molecular flexibility index (Phi) is 6.49. The van der Waals surface area contributed by atoms with Crippen LogP contribution in [0.2, 0.25) is 0 Å². The number of hydrogen-bond acceptors (Lipinski definition) is 4. The lowest BCUT2D eigenvalue weighted by Gasteiger charge is -2.33. The Balaban J connectivity index is 1.78. The Labute approximate surface area is 129 Å². The molecule has 122 valence electrons. The van der Waals surface area contributed by atoms with Gasteiger partial charge < -0.3 is 14.8 Å². The lowest BCUT2D eigenvalue weighted by atomic mass is 9.85. The topological polar surface area (TPSA) is 47.6 Å². The molecule has 0 aromatic heterocycles. The molecule has 4 heteroatoms. The minimum absolute atomic E-state index is 0.0780. The average Bonchev–Trinajstić information content (AvgIpc) is 3.14. The van der Waals surface area contributed by atoms with Crippen LogP contribution in [0.5, 0.6) is 0 Å². The van der Waals surface area contributed by atoms with Crippen LogP contribution in [0.1, 0.15) is 58.3 Å². The summed E-state index contributed by atoms with van der Waals surface area (Å²) >= 11 is 0. The van der Waals surface area contributed by atoms with E-state index in [9.17, 15) is 4.79 Å². The van der Waals surface area contributed by atoms with Crippen molar-refractivity contribution in [2.45, 2.75) is 63.8 Å². The molecule has 1 N–H and O–H groups in total. The fraction of sp³-hybridized carbons (Fsp3) is 0.941. The van der Waals surface area contributed by atoms with Gasteiger partial charge in [-0.05, 0) is 57.9 Å². The zero-order chi connectivity index (χ0) is 15.1. The van der Waals surface area contributed by atoms with E-state index in [0.717, 1.165) is 44.8 Å². The Morgan fingerprint density at radius 2 is 2.00 bits per heavy atom. The smallest absolute Gasteiger partial charge is 0.326 e. The highest BCUT2D eigenvalue weighted by Gasteiger charge is 2.48. The molecule has 0 spiro atoms. The molecule has 4 nitrogen and oxygen atoms in total. The first-order valence-corrected chi connectivity index (χ1v) is 8.66. The van der Waals surface area contributed by atoms with E-state index in [1.54, 1.807) is 0 Å². The molecule has 0 aromatic rings. The summed E-state index contributed by atoms with van der Waals surface area (Å²) in [4.78, 5) is 12.3. The second-order valence-electron chi connectivity index (χ2n) is 6.55. The Morgan fingerprint density at radius 1 is 1.24 bits per heavy atom. The lowest BCUT2D eigenvalue weighted by molar-refractivity contribution is -0.153. The van der Waals surface area contributed by atoms with Gasteiger partial charge in [-0.25, -0.2) is 0 Å². The fourth-order valence-electron chi connectivity index (χ4n) is 4.08. The van der Waals surface area contributed by atoms with Gasteiger partial charge in [-0.1, -0.05) is 19.3 Å². The van der Waals surface area contributed by atoms with Crippen LogP contribution in [-0.2, 0) is 14.3 Å². The summed E-state index contributed by atoms with van der Waals surface area (Å²) in [5.74, 6) is 1.03. The summed E-state index contributed by atoms with van der Waals surface area (Å²) in [6.07, 6.45) is 9.39. The van der Waals surface area contributed by atoms with Crippen LogP contribution in [0.4, 0.5) is 0 Å². The number of nitrogens with one attached hydrogen (secondary N) is 1. The van der Waals surface area contributed by atoms with Gasteiger partial charge in [0, 0.05) is 13.2 Å². The molecular formula is C17H31NO3. The number of ether oxygens (including phenoxy) is 2. The van der Waals surface area contributed by atoms with Crippen LogP contribution in [0.15, 0.2) is 0 Å². The van der Waals surface area contributed by atoms with Crippen molar-refractivity contribution >= 4 is 5.97 Å². The van der Waals surface area contributed by atoms with Crippen LogP contribution in [0.3, 0.4) is 0 Å². The number of carbonyl (C=O) groups excluding carboxylic acids is 1. The highest BCUT2D eigenvalue weighted by Crippen LogP contribution is 2.38. The Hall–Kier alpha value is -0.610. The molecule has 0 heterocycles. The van der Waals surface area contributed by atoms with E-state index >= 15 is 0 Å². The van der Waals surface area contributed by atoms with Crippen molar-refractivity contribution in [1.82, 2.24) is 5.32 Å². The summed E-state index contributed by atoms with van der Waals surface area (Å²) in [7, 11) is 1.88. The van der Waals surface area contributed by atoms with Crippen molar-refractivity contribution in [2.75, 3.05) is 26.9 Å². The minimum Gasteiger partial charge on any atom is -0.465 e.